The van der Waals surface area contributed by atoms with Gasteiger partial charge in [-0.25, -0.2) is 0 Å². The lowest BCUT2D eigenvalue weighted by molar-refractivity contribution is -0.385. The second-order valence-electron chi connectivity index (χ2n) is 4.81. The summed E-state index contributed by atoms with van der Waals surface area (Å²) >= 11 is 5.76. The van der Waals surface area contributed by atoms with E-state index >= 15 is 0 Å². The maximum absolute atomic E-state index is 11.8. The van der Waals surface area contributed by atoms with Crippen LogP contribution in [0.5, 0.6) is 0 Å². The van der Waals surface area contributed by atoms with E-state index in [1.807, 2.05) is 0 Å². The summed E-state index contributed by atoms with van der Waals surface area (Å²) in [5, 5.41) is 14.4. The van der Waals surface area contributed by atoms with Crippen molar-refractivity contribution in [3.63, 3.8) is 0 Å². The molecule has 0 radical (unpaired) electrons. The molecule has 0 saturated heterocycles. The SMILES string of the molecule is COC(=O)C1(NCc2ccc(Cl)cc2[N+](=O)[O-])CCC1. The topological polar surface area (TPSA) is 81.5 Å². The molecule has 1 aliphatic carbocycles. The van der Waals surface area contributed by atoms with Crippen molar-refractivity contribution in [3.8, 4) is 0 Å². The van der Waals surface area contributed by atoms with E-state index in [9.17, 15) is 14.9 Å². The van der Waals surface area contributed by atoms with Gasteiger partial charge in [0.15, 0.2) is 0 Å². The Hall–Kier alpha value is -1.66. The van der Waals surface area contributed by atoms with Gasteiger partial charge < -0.3 is 4.74 Å². The van der Waals surface area contributed by atoms with Gasteiger partial charge in [-0.3, -0.25) is 20.2 Å². The predicted octanol–water partition coefficient (Wildman–Crippen LogP) is 2.43. The molecule has 1 aromatic rings. The van der Waals surface area contributed by atoms with E-state index in [0.717, 1.165) is 6.42 Å². The normalized spacial score (nSPS) is 16.3. The van der Waals surface area contributed by atoms with Crippen LogP contribution < -0.4 is 5.32 Å². The zero-order chi connectivity index (χ0) is 14.8. The highest BCUT2D eigenvalue weighted by molar-refractivity contribution is 6.30. The Morgan fingerprint density at radius 1 is 1.55 bits per heavy atom. The lowest BCUT2D eigenvalue weighted by Gasteiger charge is -2.39. The summed E-state index contributed by atoms with van der Waals surface area (Å²) < 4.78 is 4.79. The number of esters is 1. The van der Waals surface area contributed by atoms with Gasteiger partial charge in [0.1, 0.15) is 5.54 Å². The van der Waals surface area contributed by atoms with Crippen LogP contribution in [0.4, 0.5) is 5.69 Å². The van der Waals surface area contributed by atoms with Gasteiger partial charge in [0.25, 0.3) is 5.69 Å². The highest BCUT2D eigenvalue weighted by Gasteiger charge is 2.45. The van der Waals surface area contributed by atoms with E-state index in [2.05, 4.69) is 5.32 Å². The van der Waals surface area contributed by atoms with Crippen LogP contribution in [0, 0.1) is 10.1 Å². The molecule has 0 heterocycles. The first-order chi connectivity index (χ1) is 9.48. The van der Waals surface area contributed by atoms with E-state index in [4.69, 9.17) is 16.3 Å². The van der Waals surface area contributed by atoms with E-state index < -0.39 is 10.5 Å². The van der Waals surface area contributed by atoms with Gasteiger partial charge in [0.05, 0.1) is 12.0 Å². The van der Waals surface area contributed by atoms with Crippen LogP contribution in [0.25, 0.3) is 0 Å². The molecule has 0 bridgehead atoms. The third-order valence-electron chi connectivity index (χ3n) is 3.64. The number of nitro groups is 1. The Balaban J connectivity index is 2.15. The molecule has 108 valence electrons. The zero-order valence-electron chi connectivity index (χ0n) is 11.0. The van der Waals surface area contributed by atoms with Gasteiger partial charge in [0.2, 0.25) is 0 Å². The molecular weight excluding hydrogens is 284 g/mol. The van der Waals surface area contributed by atoms with Crippen molar-refractivity contribution >= 4 is 23.3 Å². The van der Waals surface area contributed by atoms with Crippen LogP contribution in [-0.2, 0) is 16.1 Å². The minimum Gasteiger partial charge on any atom is -0.468 e. The molecule has 0 atom stereocenters. The van der Waals surface area contributed by atoms with Crippen molar-refractivity contribution in [1.82, 2.24) is 5.32 Å². The highest BCUT2D eigenvalue weighted by atomic mass is 35.5. The third-order valence-corrected chi connectivity index (χ3v) is 3.88. The second kappa shape index (κ2) is 5.76. The molecule has 0 amide bonds. The van der Waals surface area contributed by atoms with Crippen LogP contribution in [0.2, 0.25) is 5.02 Å². The fourth-order valence-electron chi connectivity index (χ4n) is 2.30. The first-order valence-electron chi connectivity index (χ1n) is 6.25. The van der Waals surface area contributed by atoms with Gasteiger partial charge in [-0.15, -0.1) is 0 Å². The number of carbonyl (C=O) groups excluding carboxylic acids is 1. The Morgan fingerprint density at radius 2 is 2.25 bits per heavy atom. The lowest BCUT2D eigenvalue weighted by Crippen LogP contribution is -2.57. The number of hydrogen-bond donors (Lipinski definition) is 1. The minimum atomic E-state index is -0.706. The van der Waals surface area contributed by atoms with Crippen molar-refractivity contribution in [3.05, 3.63) is 38.9 Å². The number of nitrogens with zero attached hydrogens (tertiary/aromatic N) is 1. The van der Waals surface area contributed by atoms with Crippen molar-refractivity contribution in [2.45, 2.75) is 31.3 Å². The van der Waals surface area contributed by atoms with Crippen LogP contribution in [0.1, 0.15) is 24.8 Å². The molecule has 0 spiro atoms. The van der Waals surface area contributed by atoms with Crippen LogP contribution in [-0.4, -0.2) is 23.5 Å². The van der Waals surface area contributed by atoms with Crippen molar-refractivity contribution in [1.29, 1.82) is 0 Å². The van der Waals surface area contributed by atoms with E-state index in [1.165, 1.54) is 13.2 Å². The maximum Gasteiger partial charge on any atom is 0.326 e. The fourth-order valence-corrected chi connectivity index (χ4v) is 2.47. The molecule has 1 aromatic carbocycles. The lowest BCUT2D eigenvalue weighted by atomic mass is 9.76. The number of methoxy groups -OCH3 is 1. The van der Waals surface area contributed by atoms with Crippen LogP contribution in [0.15, 0.2) is 18.2 Å². The molecule has 1 N–H and O–H groups in total. The summed E-state index contributed by atoms with van der Waals surface area (Å²) in [4.78, 5) is 22.3. The molecule has 0 aliphatic heterocycles. The first-order valence-corrected chi connectivity index (χ1v) is 6.62. The van der Waals surface area contributed by atoms with Gasteiger partial charge >= 0.3 is 5.97 Å². The smallest absolute Gasteiger partial charge is 0.326 e. The van der Waals surface area contributed by atoms with Crippen molar-refractivity contribution in [2.24, 2.45) is 0 Å². The van der Waals surface area contributed by atoms with Crippen LogP contribution >= 0.6 is 11.6 Å². The monoisotopic (exact) mass is 298 g/mol. The third kappa shape index (κ3) is 2.76. The number of benzene rings is 1. The van der Waals surface area contributed by atoms with Gasteiger partial charge in [-0.1, -0.05) is 11.6 Å². The molecule has 1 fully saturated rings. The Bertz CT molecular complexity index is 543. The van der Waals surface area contributed by atoms with E-state index in [1.54, 1.807) is 12.1 Å². The molecule has 1 aliphatic rings. The van der Waals surface area contributed by atoms with E-state index in [-0.39, 0.29) is 18.2 Å². The number of halogens is 1. The Morgan fingerprint density at radius 3 is 2.75 bits per heavy atom. The molecule has 1 saturated carbocycles. The van der Waals surface area contributed by atoms with Gasteiger partial charge in [-0.2, -0.15) is 0 Å². The van der Waals surface area contributed by atoms with Crippen molar-refractivity contribution in [2.75, 3.05) is 7.11 Å². The Labute approximate surface area is 121 Å². The van der Waals surface area contributed by atoms with Gasteiger partial charge in [0, 0.05) is 23.2 Å². The molecule has 6 nitrogen and oxygen atoms in total. The molecule has 7 heteroatoms. The standard InChI is InChI=1S/C13H15ClN2O4/c1-20-12(17)13(5-2-6-13)15-8-9-3-4-10(14)7-11(9)16(18)19/h3-4,7,15H,2,5-6,8H2,1H3. The predicted molar refractivity (Wildman–Crippen MR) is 73.5 cm³/mol. The number of carbonyl (C=O) groups is 1. The van der Waals surface area contributed by atoms with Gasteiger partial charge in [-0.05, 0) is 31.4 Å². The summed E-state index contributed by atoms with van der Waals surface area (Å²) in [7, 11) is 1.34. The number of rotatable bonds is 5. The number of hydrogen-bond acceptors (Lipinski definition) is 5. The number of nitrogens with one attached hydrogen (secondary N) is 1. The fraction of sp³-hybridized carbons (Fsp3) is 0.462. The molecule has 20 heavy (non-hydrogen) atoms. The average molecular weight is 299 g/mol. The molecule has 0 aromatic heterocycles. The quantitative estimate of drug-likeness (QED) is 0.513. The second-order valence-corrected chi connectivity index (χ2v) is 5.25. The number of ether oxygens (including phenoxy) is 1. The number of nitro benzene ring substituents is 1. The largest absolute Gasteiger partial charge is 0.468 e. The molecular formula is C13H15ClN2O4. The maximum atomic E-state index is 11.8. The van der Waals surface area contributed by atoms with E-state index in [0.29, 0.717) is 23.4 Å². The van der Waals surface area contributed by atoms with Crippen molar-refractivity contribution < 1.29 is 14.5 Å². The first kappa shape index (κ1) is 14.7. The summed E-state index contributed by atoms with van der Waals surface area (Å²) in [6.07, 6.45) is 2.30. The summed E-state index contributed by atoms with van der Waals surface area (Å²) in [5.41, 5.74) is -0.263. The minimum absolute atomic E-state index is 0.0515. The molecule has 0 unspecified atom stereocenters. The zero-order valence-corrected chi connectivity index (χ0v) is 11.8. The van der Waals surface area contributed by atoms with Crippen LogP contribution in [0.3, 0.4) is 0 Å². The Kier molecular flexibility index (Phi) is 4.25. The molecule has 2 rings (SSSR count). The highest BCUT2D eigenvalue weighted by Crippen LogP contribution is 2.34. The summed E-state index contributed by atoms with van der Waals surface area (Å²) in [6.45, 7) is 0.225. The average Bonchev–Trinajstić information content (AvgIpc) is 2.38. The summed E-state index contributed by atoms with van der Waals surface area (Å²) in [6, 6.07) is 4.50. The summed E-state index contributed by atoms with van der Waals surface area (Å²) in [5.74, 6) is -0.319.